The van der Waals surface area contributed by atoms with Gasteiger partial charge in [0.2, 0.25) is 0 Å². The third-order valence-electron chi connectivity index (χ3n) is 7.98. The molecule has 2 unspecified atom stereocenters. The molecule has 7 nitrogen and oxygen atoms in total. The molecule has 1 aromatic heterocycles. The average molecular weight is 555 g/mol. The van der Waals surface area contributed by atoms with Crippen LogP contribution in [0.3, 0.4) is 0 Å². The Kier molecular flexibility index (Phi) is 7.98. The van der Waals surface area contributed by atoms with Crippen molar-refractivity contribution < 1.29 is 27.5 Å². The van der Waals surface area contributed by atoms with Crippen LogP contribution in [0, 0.1) is 5.92 Å². The summed E-state index contributed by atoms with van der Waals surface area (Å²) in [6.07, 6.45) is 0.760. The van der Waals surface area contributed by atoms with Gasteiger partial charge in [0.15, 0.2) is 0 Å². The molecule has 1 aliphatic heterocycles. The lowest BCUT2D eigenvalue weighted by atomic mass is 9.95. The van der Waals surface area contributed by atoms with Gasteiger partial charge in [0.25, 0.3) is 0 Å². The van der Waals surface area contributed by atoms with Crippen molar-refractivity contribution in [1.82, 2.24) is 19.6 Å². The van der Waals surface area contributed by atoms with E-state index in [1.165, 1.54) is 7.11 Å². The minimum absolute atomic E-state index is 0.0125. The topological polar surface area (TPSA) is 67.7 Å². The minimum Gasteiger partial charge on any atom is -0.465 e. The number of hydrogen-bond donors (Lipinski definition) is 0. The Morgan fingerprint density at radius 1 is 1.02 bits per heavy atom. The Hall–Kier alpha value is -3.66. The summed E-state index contributed by atoms with van der Waals surface area (Å²) in [5, 5.41) is 4.18. The molecule has 0 N–H and O–H groups in total. The van der Waals surface area contributed by atoms with Crippen molar-refractivity contribution in [2.75, 3.05) is 26.7 Å². The SMILES string of the molecule is COC(=O)c1ccc(CN2CCC(CN(C(=O)C(F)(F)F)C3CC3c3ccc(-c4cnn(C)c4)cc3)CC2)cc1. The lowest BCUT2D eigenvalue weighted by Gasteiger charge is -2.35. The molecule has 1 saturated carbocycles. The van der Waals surface area contributed by atoms with E-state index in [2.05, 4.69) is 10.00 Å². The fourth-order valence-electron chi connectivity index (χ4n) is 5.64. The zero-order valence-electron chi connectivity index (χ0n) is 22.6. The number of aromatic nitrogens is 2. The average Bonchev–Trinajstić information content (AvgIpc) is 3.63. The second-order valence-corrected chi connectivity index (χ2v) is 10.8. The second kappa shape index (κ2) is 11.4. The molecule has 2 heterocycles. The van der Waals surface area contributed by atoms with Gasteiger partial charge in [-0.3, -0.25) is 14.4 Å². The summed E-state index contributed by atoms with van der Waals surface area (Å²) in [4.78, 5) is 27.5. The molecule has 2 fully saturated rings. The van der Waals surface area contributed by atoms with E-state index < -0.39 is 18.1 Å². The molecule has 1 amide bonds. The minimum atomic E-state index is -4.89. The predicted octanol–water partition coefficient (Wildman–Crippen LogP) is 5.03. The zero-order chi connectivity index (χ0) is 28.4. The normalized spacial score (nSPS) is 19.8. The van der Waals surface area contributed by atoms with E-state index in [0.29, 0.717) is 18.5 Å². The highest BCUT2D eigenvalue weighted by Crippen LogP contribution is 2.46. The number of benzene rings is 2. The van der Waals surface area contributed by atoms with Gasteiger partial charge in [-0.25, -0.2) is 4.79 Å². The fraction of sp³-hybridized carbons (Fsp3) is 0.433. The van der Waals surface area contributed by atoms with Gasteiger partial charge in [0.05, 0.1) is 18.9 Å². The van der Waals surface area contributed by atoms with Crippen LogP contribution in [0.1, 0.15) is 46.7 Å². The summed E-state index contributed by atoms with van der Waals surface area (Å²) in [5.74, 6) is -2.20. The molecule has 2 atom stereocenters. The van der Waals surface area contributed by atoms with E-state index in [1.807, 2.05) is 49.6 Å². The number of aryl methyl sites for hydroxylation is 1. The Bertz CT molecular complexity index is 1330. The number of hydrogen-bond acceptors (Lipinski definition) is 5. The predicted molar refractivity (Wildman–Crippen MR) is 143 cm³/mol. The maximum absolute atomic E-state index is 13.6. The molecule has 212 valence electrons. The Labute approximate surface area is 231 Å². The van der Waals surface area contributed by atoms with E-state index in [1.54, 1.807) is 23.0 Å². The van der Waals surface area contributed by atoms with Crippen molar-refractivity contribution in [3.8, 4) is 11.1 Å². The van der Waals surface area contributed by atoms with Crippen LogP contribution in [0.4, 0.5) is 13.2 Å². The highest BCUT2D eigenvalue weighted by atomic mass is 19.4. The monoisotopic (exact) mass is 554 g/mol. The summed E-state index contributed by atoms with van der Waals surface area (Å²) >= 11 is 0. The van der Waals surface area contributed by atoms with Crippen molar-refractivity contribution in [2.45, 2.75) is 43.9 Å². The van der Waals surface area contributed by atoms with Crippen LogP contribution in [0.2, 0.25) is 0 Å². The lowest BCUT2D eigenvalue weighted by Crippen LogP contribution is -2.47. The third-order valence-corrected chi connectivity index (χ3v) is 7.98. The zero-order valence-corrected chi connectivity index (χ0v) is 22.6. The third kappa shape index (κ3) is 6.38. The smallest absolute Gasteiger partial charge is 0.465 e. The number of likely N-dealkylation sites (tertiary alicyclic amines) is 1. The Balaban J connectivity index is 1.18. The molecule has 5 rings (SSSR count). The Morgan fingerprint density at radius 3 is 2.27 bits per heavy atom. The number of ether oxygens (including phenoxy) is 1. The molecule has 3 aromatic rings. The van der Waals surface area contributed by atoms with Gasteiger partial charge in [0, 0.05) is 43.9 Å². The van der Waals surface area contributed by atoms with Crippen LogP contribution in [0.5, 0.6) is 0 Å². The molecule has 0 radical (unpaired) electrons. The number of rotatable bonds is 8. The highest BCUT2D eigenvalue weighted by Gasteiger charge is 2.52. The summed E-state index contributed by atoms with van der Waals surface area (Å²) < 4.78 is 47.2. The number of nitrogens with zero attached hydrogens (tertiary/aromatic N) is 4. The quantitative estimate of drug-likeness (QED) is 0.366. The van der Waals surface area contributed by atoms with Gasteiger partial charge in [-0.05, 0) is 67.1 Å². The largest absolute Gasteiger partial charge is 0.471 e. The van der Waals surface area contributed by atoms with Crippen LogP contribution in [0.15, 0.2) is 60.9 Å². The van der Waals surface area contributed by atoms with Crippen LogP contribution in [-0.2, 0) is 23.1 Å². The second-order valence-electron chi connectivity index (χ2n) is 10.8. The number of esters is 1. The van der Waals surface area contributed by atoms with Crippen molar-refractivity contribution >= 4 is 11.9 Å². The molecule has 1 aliphatic carbocycles. The summed E-state index contributed by atoms with van der Waals surface area (Å²) in [5.41, 5.74) is 4.45. The van der Waals surface area contributed by atoms with Gasteiger partial charge >= 0.3 is 18.1 Å². The number of alkyl halides is 3. The molecule has 40 heavy (non-hydrogen) atoms. The van der Waals surface area contributed by atoms with Crippen molar-refractivity contribution in [2.24, 2.45) is 13.0 Å². The number of carbonyl (C=O) groups excluding carboxylic acids is 2. The number of carbonyl (C=O) groups is 2. The van der Waals surface area contributed by atoms with E-state index in [-0.39, 0.29) is 24.3 Å². The van der Waals surface area contributed by atoms with E-state index in [9.17, 15) is 22.8 Å². The number of halogens is 3. The van der Waals surface area contributed by atoms with Crippen LogP contribution in [-0.4, -0.2) is 70.4 Å². The maximum atomic E-state index is 13.6. The van der Waals surface area contributed by atoms with Crippen molar-refractivity contribution in [3.63, 3.8) is 0 Å². The van der Waals surface area contributed by atoms with Crippen LogP contribution in [0.25, 0.3) is 11.1 Å². The van der Waals surface area contributed by atoms with Crippen molar-refractivity contribution in [1.29, 1.82) is 0 Å². The van der Waals surface area contributed by atoms with Crippen molar-refractivity contribution in [3.05, 3.63) is 77.6 Å². The van der Waals surface area contributed by atoms with E-state index in [4.69, 9.17) is 4.74 Å². The molecular formula is C30H33F3N4O3. The molecule has 0 bridgehead atoms. The summed E-state index contributed by atoms with van der Waals surface area (Å²) in [6, 6.07) is 14.6. The number of amides is 1. The first-order chi connectivity index (χ1) is 19.1. The van der Waals surface area contributed by atoms with Gasteiger partial charge in [-0.2, -0.15) is 18.3 Å². The Morgan fingerprint density at radius 2 is 1.70 bits per heavy atom. The van der Waals surface area contributed by atoms with Gasteiger partial charge in [0.1, 0.15) is 0 Å². The summed E-state index contributed by atoms with van der Waals surface area (Å²) in [7, 11) is 3.18. The van der Waals surface area contributed by atoms with E-state index >= 15 is 0 Å². The van der Waals surface area contributed by atoms with Gasteiger partial charge < -0.3 is 9.64 Å². The van der Waals surface area contributed by atoms with Crippen LogP contribution < -0.4 is 0 Å². The maximum Gasteiger partial charge on any atom is 0.471 e. The first-order valence-electron chi connectivity index (χ1n) is 13.5. The molecule has 10 heteroatoms. The fourth-order valence-corrected chi connectivity index (χ4v) is 5.64. The molecule has 2 aromatic carbocycles. The van der Waals surface area contributed by atoms with Gasteiger partial charge in [-0.15, -0.1) is 0 Å². The standard InChI is InChI=1S/C30H33F3N4O3/c1-35-19-25(16-34-35)22-7-9-23(10-8-22)26-15-27(26)37(29(39)30(31,32)33)18-21-11-13-36(14-12-21)17-20-3-5-24(6-4-20)28(38)40-2/h3-10,16,19,21,26-27H,11-15,17-18H2,1-2H3. The van der Waals surface area contributed by atoms with E-state index in [0.717, 1.165) is 53.1 Å². The molecular weight excluding hydrogens is 521 g/mol. The van der Waals surface area contributed by atoms with Gasteiger partial charge in [-0.1, -0.05) is 36.4 Å². The number of piperidine rings is 1. The molecule has 0 spiro atoms. The first-order valence-corrected chi connectivity index (χ1v) is 13.5. The number of methoxy groups -OCH3 is 1. The summed E-state index contributed by atoms with van der Waals surface area (Å²) in [6.45, 7) is 2.29. The first kappa shape index (κ1) is 27.9. The van der Waals surface area contributed by atoms with Crippen LogP contribution >= 0.6 is 0 Å². The molecule has 2 aliphatic rings. The molecule has 1 saturated heterocycles. The highest BCUT2D eigenvalue weighted by molar-refractivity contribution is 5.89. The lowest BCUT2D eigenvalue weighted by molar-refractivity contribution is -0.187.